The van der Waals surface area contributed by atoms with Crippen LogP contribution in [-0.2, 0) is 23.8 Å². The lowest BCUT2D eigenvalue weighted by atomic mass is 10.0. The van der Waals surface area contributed by atoms with Crippen molar-refractivity contribution in [2.75, 3.05) is 64.3 Å². The maximum atomic E-state index is 12.4. The van der Waals surface area contributed by atoms with Crippen molar-refractivity contribution >= 4 is 47.2 Å². The van der Waals surface area contributed by atoms with Gasteiger partial charge < -0.3 is 45.3 Å². The Bertz CT molecular complexity index is 1100. The number of hydrogen-bond donors (Lipinski definition) is 5. The second kappa shape index (κ2) is 17.7. The molecule has 43 heavy (non-hydrogen) atoms. The van der Waals surface area contributed by atoms with Crippen LogP contribution in [0.4, 0.5) is 10.5 Å². The Morgan fingerprint density at radius 3 is 2.19 bits per heavy atom. The maximum Gasteiger partial charge on any atom is 0.335 e. The molecule has 0 aliphatic carbocycles. The van der Waals surface area contributed by atoms with Crippen LogP contribution in [-0.4, -0.2) is 121 Å². The average Bonchev–Trinajstić information content (AvgIpc) is 3.52. The topological polar surface area (TPSA) is 193 Å². The summed E-state index contributed by atoms with van der Waals surface area (Å²) in [5.74, 6) is -2.03. The molecule has 0 bridgehead atoms. The first kappa shape index (κ1) is 34.1. The highest BCUT2D eigenvalue weighted by Gasteiger charge is 2.42. The SMILES string of the molecule is CN(CCOCCOCCOCCC(=O)Nc1cc(C(=O)O)cc(C(=O)O)c1)C(=O)CCCCC1SCC2NC(=O)NC21. The third-order valence-corrected chi connectivity index (χ3v) is 8.50. The van der Waals surface area contributed by atoms with E-state index in [1.165, 1.54) is 12.1 Å². The minimum Gasteiger partial charge on any atom is -0.478 e. The summed E-state index contributed by atoms with van der Waals surface area (Å²) >= 11 is 1.88. The number of unbranched alkanes of at least 4 members (excludes halogenated alkanes) is 1. The van der Waals surface area contributed by atoms with Crippen molar-refractivity contribution in [1.82, 2.24) is 15.5 Å². The number of likely N-dealkylation sites (N-methyl/N-ethyl adjacent to an activating group) is 1. The van der Waals surface area contributed by atoms with Gasteiger partial charge in [0.15, 0.2) is 0 Å². The minimum atomic E-state index is -1.30. The molecule has 0 radical (unpaired) electrons. The van der Waals surface area contributed by atoms with Crippen LogP contribution in [0.2, 0.25) is 0 Å². The smallest absolute Gasteiger partial charge is 0.335 e. The molecule has 4 amide bonds. The number of aromatic carboxylic acids is 2. The molecular formula is C28H40N4O10S. The van der Waals surface area contributed by atoms with E-state index in [2.05, 4.69) is 16.0 Å². The largest absolute Gasteiger partial charge is 0.478 e. The molecule has 5 N–H and O–H groups in total. The molecule has 3 unspecified atom stereocenters. The Balaban J connectivity index is 1.13. The van der Waals surface area contributed by atoms with Crippen LogP contribution in [0, 0.1) is 0 Å². The molecule has 0 spiro atoms. The number of fused-ring (bicyclic) bond motifs is 1. The first-order valence-corrected chi connectivity index (χ1v) is 15.3. The van der Waals surface area contributed by atoms with E-state index in [1.807, 2.05) is 11.8 Å². The number of nitrogens with one attached hydrogen (secondary N) is 3. The van der Waals surface area contributed by atoms with Gasteiger partial charge in [-0.2, -0.15) is 11.8 Å². The van der Waals surface area contributed by atoms with Gasteiger partial charge in [0.2, 0.25) is 11.8 Å². The van der Waals surface area contributed by atoms with Gasteiger partial charge in [0.25, 0.3) is 0 Å². The number of carboxylic acid groups (broad SMARTS) is 2. The number of hydrogen-bond acceptors (Lipinski definition) is 9. The fourth-order valence-corrected chi connectivity index (χ4v) is 6.20. The molecule has 2 aliphatic rings. The van der Waals surface area contributed by atoms with Crippen molar-refractivity contribution in [3.05, 3.63) is 29.3 Å². The van der Waals surface area contributed by atoms with Gasteiger partial charge in [-0.05, 0) is 31.0 Å². The fraction of sp³-hybridized carbons (Fsp3) is 0.607. The summed E-state index contributed by atoms with van der Waals surface area (Å²) in [5.41, 5.74) is -0.409. The van der Waals surface area contributed by atoms with Crippen LogP contribution in [0.5, 0.6) is 0 Å². The molecule has 2 heterocycles. The van der Waals surface area contributed by atoms with Gasteiger partial charge in [0, 0.05) is 36.7 Å². The van der Waals surface area contributed by atoms with Crippen LogP contribution in [0.1, 0.15) is 52.8 Å². The number of urea groups is 1. The summed E-state index contributed by atoms with van der Waals surface area (Å²) in [4.78, 5) is 59.9. The average molecular weight is 625 g/mol. The summed E-state index contributed by atoms with van der Waals surface area (Å²) in [6.07, 6.45) is 3.22. The van der Waals surface area contributed by atoms with E-state index in [1.54, 1.807) is 11.9 Å². The normalized spacial score (nSPS) is 18.9. The lowest BCUT2D eigenvalue weighted by Gasteiger charge is -2.18. The number of anilines is 1. The molecule has 0 aromatic heterocycles. The minimum absolute atomic E-state index is 0.00706. The molecular weight excluding hydrogens is 584 g/mol. The van der Waals surface area contributed by atoms with Gasteiger partial charge >= 0.3 is 18.0 Å². The third-order valence-electron chi connectivity index (χ3n) is 6.99. The molecule has 1 aromatic rings. The molecule has 3 rings (SSSR count). The number of carbonyl (C=O) groups is 5. The first-order valence-electron chi connectivity index (χ1n) is 14.2. The van der Waals surface area contributed by atoms with E-state index in [0.29, 0.717) is 44.6 Å². The molecule has 15 heteroatoms. The highest BCUT2D eigenvalue weighted by atomic mass is 32.2. The standard InChI is InChI=1S/C28H40N4O10S/c1-32(24(34)5-3-2-4-22-25-21(17-43-22)30-28(39)31-25)7-9-41-11-13-42-12-10-40-8-6-23(33)29-20-15-18(26(35)36)14-19(16-20)27(37)38/h14-16,21-22,25H,2-13,17H2,1H3,(H,29,33)(H,35,36)(H,37,38)(H2,30,31,39). The Morgan fingerprint density at radius 2 is 1.53 bits per heavy atom. The number of carboxylic acids is 2. The van der Waals surface area contributed by atoms with Gasteiger partial charge in [-0.1, -0.05) is 6.42 Å². The van der Waals surface area contributed by atoms with Gasteiger partial charge in [0.1, 0.15) is 0 Å². The van der Waals surface area contributed by atoms with Gasteiger partial charge in [-0.3, -0.25) is 9.59 Å². The molecule has 0 saturated carbocycles. The van der Waals surface area contributed by atoms with Crippen LogP contribution in [0.15, 0.2) is 18.2 Å². The van der Waals surface area contributed by atoms with Crippen LogP contribution in [0.25, 0.3) is 0 Å². The molecule has 2 fully saturated rings. The van der Waals surface area contributed by atoms with E-state index in [-0.39, 0.29) is 60.5 Å². The van der Waals surface area contributed by atoms with Crippen LogP contribution < -0.4 is 16.0 Å². The zero-order chi connectivity index (χ0) is 31.2. The predicted molar refractivity (Wildman–Crippen MR) is 158 cm³/mol. The predicted octanol–water partition coefficient (Wildman–Crippen LogP) is 1.65. The van der Waals surface area contributed by atoms with Crippen molar-refractivity contribution in [3.8, 4) is 0 Å². The van der Waals surface area contributed by atoms with Crippen molar-refractivity contribution in [2.45, 2.75) is 49.4 Å². The van der Waals surface area contributed by atoms with E-state index in [0.717, 1.165) is 31.1 Å². The summed E-state index contributed by atoms with van der Waals surface area (Å²) in [5, 5.41) is 27.0. The van der Waals surface area contributed by atoms with E-state index in [4.69, 9.17) is 24.4 Å². The zero-order valence-corrected chi connectivity index (χ0v) is 25.0. The lowest BCUT2D eigenvalue weighted by molar-refractivity contribution is -0.130. The monoisotopic (exact) mass is 624 g/mol. The summed E-state index contributed by atoms with van der Waals surface area (Å²) in [6, 6.07) is 3.72. The fourth-order valence-electron chi connectivity index (χ4n) is 4.66. The molecule has 238 valence electrons. The quantitative estimate of drug-likeness (QED) is 0.105. The van der Waals surface area contributed by atoms with E-state index >= 15 is 0 Å². The number of benzene rings is 1. The van der Waals surface area contributed by atoms with Crippen LogP contribution >= 0.6 is 11.8 Å². The number of rotatable bonds is 20. The number of nitrogens with zero attached hydrogens (tertiary/aromatic N) is 1. The number of ether oxygens (including phenoxy) is 3. The Morgan fingerprint density at radius 1 is 0.907 bits per heavy atom. The van der Waals surface area contributed by atoms with Crippen molar-refractivity contribution < 1.29 is 48.4 Å². The van der Waals surface area contributed by atoms with Gasteiger partial charge in [0.05, 0.1) is 69.3 Å². The van der Waals surface area contributed by atoms with Crippen LogP contribution in [0.3, 0.4) is 0 Å². The second-order valence-corrected chi connectivity index (χ2v) is 11.5. The first-order chi connectivity index (χ1) is 20.6. The number of carbonyl (C=O) groups excluding carboxylic acids is 3. The van der Waals surface area contributed by atoms with Gasteiger partial charge in [-0.15, -0.1) is 0 Å². The summed E-state index contributed by atoms with van der Waals surface area (Å²) < 4.78 is 16.3. The Kier molecular flexibility index (Phi) is 14.0. The molecule has 2 saturated heterocycles. The second-order valence-electron chi connectivity index (χ2n) is 10.2. The van der Waals surface area contributed by atoms with Crippen molar-refractivity contribution in [2.24, 2.45) is 0 Å². The number of amides is 4. The lowest BCUT2D eigenvalue weighted by Crippen LogP contribution is -2.36. The summed E-state index contributed by atoms with van der Waals surface area (Å²) in [7, 11) is 1.76. The highest BCUT2D eigenvalue weighted by molar-refractivity contribution is 8.00. The number of thioether (sulfide) groups is 1. The zero-order valence-electron chi connectivity index (χ0n) is 24.2. The van der Waals surface area contributed by atoms with E-state index < -0.39 is 17.8 Å². The Hall–Kier alpha value is -3.40. The highest BCUT2D eigenvalue weighted by Crippen LogP contribution is 2.33. The van der Waals surface area contributed by atoms with Crippen molar-refractivity contribution in [3.63, 3.8) is 0 Å². The van der Waals surface area contributed by atoms with E-state index in [9.17, 15) is 24.0 Å². The molecule has 1 aromatic carbocycles. The van der Waals surface area contributed by atoms with Gasteiger partial charge in [-0.25, -0.2) is 14.4 Å². The van der Waals surface area contributed by atoms with Crippen molar-refractivity contribution in [1.29, 1.82) is 0 Å². The maximum absolute atomic E-state index is 12.4. The third kappa shape index (κ3) is 11.7. The summed E-state index contributed by atoms with van der Waals surface area (Å²) in [6.45, 7) is 2.27. The Labute approximate surface area is 254 Å². The molecule has 2 aliphatic heterocycles. The molecule has 14 nitrogen and oxygen atoms in total. The molecule has 3 atom stereocenters.